The molecule has 7 heteroatoms. The summed E-state index contributed by atoms with van der Waals surface area (Å²) in [7, 11) is 0. The van der Waals surface area contributed by atoms with Crippen molar-refractivity contribution in [2.45, 2.75) is 46.2 Å². The van der Waals surface area contributed by atoms with E-state index >= 15 is 0 Å². The van der Waals surface area contributed by atoms with E-state index in [1.807, 2.05) is 25.7 Å². The Bertz CT molecular complexity index is 1010. The zero-order valence-corrected chi connectivity index (χ0v) is 22.1. The first kappa shape index (κ1) is 25.9. The zero-order valence-electron chi connectivity index (χ0n) is 21.4. The molecule has 0 spiro atoms. The Hall–Kier alpha value is -2.15. The monoisotopic (exact) mass is 500 g/mol. The highest BCUT2D eigenvalue weighted by Crippen LogP contribution is 2.35. The van der Waals surface area contributed by atoms with Gasteiger partial charge in [0.15, 0.2) is 0 Å². The van der Waals surface area contributed by atoms with E-state index in [2.05, 4.69) is 46.3 Å². The molecule has 0 radical (unpaired) electrons. The lowest BCUT2D eigenvalue weighted by Gasteiger charge is -2.44. The molecule has 0 aliphatic carbocycles. The van der Waals surface area contributed by atoms with Gasteiger partial charge in [0.1, 0.15) is 5.82 Å². The van der Waals surface area contributed by atoms with Crippen LogP contribution in [0.5, 0.6) is 0 Å². The standard InChI is InChI=1S/C28H38ClFN4O/c1-20(32-14-5-12-31-13-15-32)21-6-8-22(9-7-21)26-19-33(27(35)28(2,3)4)16-17-34(26)25-11-10-23(29)18-24(25)30/h6-11,18,20,26,31H,5,12-17,19H2,1-4H3/t20?,26-/m0/s1. The molecule has 0 saturated carbocycles. The molecule has 2 aromatic carbocycles. The number of hydrogen-bond acceptors (Lipinski definition) is 4. The Morgan fingerprint density at radius 3 is 2.49 bits per heavy atom. The van der Waals surface area contributed by atoms with E-state index in [0.29, 0.717) is 36.4 Å². The number of carbonyl (C=O) groups is 1. The van der Waals surface area contributed by atoms with E-state index in [1.54, 1.807) is 12.1 Å². The summed E-state index contributed by atoms with van der Waals surface area (Å²) in [6.45, 7) is 14.0. The van der Waals surface area contributed by atoms with Gasteiger partial charge in [-0.05, 0) is 55.8 Å². The SMILES string of the molecule is CC(c1ccc([C@@H]2CN(C(=O)C(C)(C)C)CCN2c2ccc(Cl)cc2F)cc1)N1CCCNCC1. The van der Waals surface area contributed by atoms with Crippen LogP contribution in [0.2, 0.25) is 5.02 Å². The molecule has 5 nitrogen and oxygen atoms in total. The van der Waals surface area contributed by atoms with Gasteiger partial charge in [-0.2, -0.15) is 0 Å². The summed E-state index contributed by atoms with van der Waals surface area (Å²) in [5.74, 6) is -0.211. The van der Waals surface area contributed by atoms with Crippen LogP contribution in [-0.2, 0) is 4.79 Å². The van der Waals surface area contributed by atoms with Gasteiger partial charge in [0.25, 0.3) is 0 Å². The summed E-state index contributed by atoms with van der Waals surface area (Å²) in [6, 6.07) is 13.7. The molecule has 4 rings (SSSR count). The second-order valence-corrected chi connectivity index (χ2v) is 11.2. The van der Waals surface area contributed by atoms with Gasteiger partial charge in [-0.3, -0.25) is 9.69 Å². The number of piperazine rings is 1. The van der Waals surface area contributed by atoms with E-state index in [4.69, 9.17) is 11.6 Å². The molecular formula is C28H38ClFN4O. The Balaban J connectivity index is 1.61. The first-order valence-corrected chi connectivity index (χ1v) is 13.1. The van der Waals surface area contributed by atoms with Crippen LogP contribution in [0.3, 0.4) is 0 Å². The maximum Gasteiger partial charge on any atom is 0.228 e. The largest absolute Gasteiger partial charge is 0.359 e. The molecule has 2 atom stereocenters. The lowest BCUT2D eigenvalue weighted by Crippen LogP contribution is -2.53. The molecule has 35 heavy (non-hydrogen) atoms. The van der Waals surface area contributed by atoms with Crippen LogP contribution in [0.25, 0.3) is 0 Å². The molecule has 0 aromatic heterocycles. The second kappa shape index (κ2) is 10.9. The molecule has 2 aliphatic rings. The number of benzene rings is 2. The number of amides is 1. The van der Waals surface area contributed by atoms with Crippen LogP contribution in [0.1, 0.15) is 57.3 Å². The minimum atomic E-state index is -0.459. The fourth-order valence-electron chi connectivity index (χ4n) is 5.19. The third-order valence-electron chi connectivity index (χ3n) is 7.25. The number of rotatable bonds is 4. The molecule has 1 amide bonds. The molecule has 2 fully saturated rings. The minimum Gasteiger partial charge on any atom is -0.359 e. The fraction of sp³-hybridized carbons (Fsp3) is 0.536. The molecule has 0 bridgehead atoms. The van der Waals surface area contributed by atoms with Crippen molar-refractivity contribution in [3.63, 3.8) is 0 Å². The average Bonchev–Trinajstić information content (AvgIpc) is 3.12. The van der Waals surface area contributed by atoms with Crippen molar-refractivity contribution in [2.24, 2.45) is 5.41 Å². The van der Waals surface area contributed by atoms with Gasteiger partial charge in [-0.25, -0.2) is 4.39 Å². The van der Waals surface area contributed by atoms with E-state index in [1.165, 1.54) is 11.6 Å². The number of nitrogens with zero attached hydrogens (tertiary/aromatic N) is 3. The Morgan fingerprint density at radius 1 is 1.06 bits per heavy atom. The lowest BCUT2D eigenvalue weighted by atomic mass is 9.92. The van der Waals surface area contributed by atoms with E-state index in [9.17, 15) is 9.18 Å². The summed E-state index contributed by atoms with van der Waals surface area (Å²) in [6.07, 6.45) is 1.16. The average molecular weight is 501 g/mol. The fourth-order valence-corrected chi connectivity index (χ4v) is 5.35. The molecule has 2 aliphatic heterocycles. The summed E-state index contributed by atoms with van der Waals surface area (Å²) in [5.41, 5.74) is 2.42. The van der Waals surface area contributed by atoms with Crippen molar-refractivity contribution in [1.82, 2.24) is 15.1 Å². The quantitative estimate of drug-likeness (QED) is 0.620. The van der Waals surface area contributed by atoms with Crippen molar-refractivity contribution >= 4 is 23.2 Å². The number of halogens is 2. The Kier molecular flexibility index (Phi) is 8.04. The van der Waals surface area contributed by atoms with Crippen LogP contribution in [0, 0.1) is 11.2 Å². The van der Waals surface area contributed by atoms with Gasteiger partial charge in [0.2, 0.25) is 5.91 Å². The van der Waals surface area contributed by atoms with Crippen molar-refractivity contribution < 1.29 is 9.18 Å². The predicted molar refractivity (Wildman–Crippen MR) is 141 cm³/mol. The third-order valence-corrected chi connectivity index (χ3v) is 7.49. The van der Waals surface area contributed by atoms with Gasteiger partial charge >= 0.3 is 0 Å². The van der Waals surface area contributed by atoms with Crippen molar-refractivity contribution in [3.8, 4) is 0 Å². The van der Waals surface area contributed by atoms with Gasteiger partial charge in [0, 0.05) is 49.2 Å². The first-order chi connectivity index (χ1) is 16.6. The van der Waals surface area contributed by atoms with Crippen LogP contribution < -0.4 is 10.2 Å². The van der Waals surface area contributed by atoms with Crippen LogP contribution in [0.4, 0.5) is 10.1 Å². The highest BCUT2D eigenvalue weighted by Gasteiger charge is 2.36. The molecule has 190 valence electrons. The zero-order chi connectivity index (χ0) is 25.2. The molecule has 2 heterocycles. The van der Waals surface area contributed by atoms with Crippen LogP contribution >= 0.6 is 11.6 Å². The highest BCUT2D eigenvalue weighted by atomic mass is 35.5. The first-order valence-electron chi connectivity index (χ1n) is 12.7. The van der Waals surface area contributed by atoms with Crippen LogP contribution in [-0.4, -0.2) is 61.5 Å². The number of anilines is 1. The summed E-state index contributed by atoms with van der Waals surface area (Å²) in [4.78, 5) is 19.6. The summed E-state index contributed by atoms with van der Waals surface area (Å²) < 4.78 is 15.0. The topological polar surface area (TPSA) is 38.8 Å². The van der Waals surface area contributed by atoms with Gasteiger partial charge in [-0.1, -0.05) is 56.6 Å². The summed E-state index contributed by atoms with van der Waals surface area (Å²) >= 11 is 6.03. The molecule has 1 N–H and O–H groups in total. The maximum absolute atomic E-state index is 15.0. The Morgan fingerprint density at radius 2 is 1.80 bits per heavy atom. The van der Waals surface area contributed by atoms with Crippen molar-refractivity contribution in [1.29, 1.82) is 0 Å². The number of hydrogen-bond donors (Lipinski definition) is 1. The summed E-state index contributed by atoms with van der Waals surface area (Å²) in [5, 5.41) is 3.85. The van der Waals surface area contributed by atoms with Crippen molar-refractivity contribution in [3.05, 3.63) is 64.4 Å². The van der Waals surface area contributed by atoms with Crippen molar-refractivity contribution in [2.75, 3.05) is 50.7 Å². The minimum absolute atomic E-state index is 0.124. The smallest absolute Gasteiger partial charge is 0.228 e. The molecule has 1 unspecified atom stereocenters. The van der Waals surface area contributed by atoms with Gasteiger partial charge in [0.05, 0.1) is 11.7 Å². The molecule has 2 saturated heterocycles. The van der Waals surface area contributed by atoms with Gasteiger partial charge < -0.3 is 15.1 Å². The third kappa shape index (κ3) is 5.99. The normalized spacial score (nSPS) is 21.0. The lowest BCUT2D eigenvalue weighted by molar-refractivity contribution is -0.140. The predicted octanol–water partition coefficient (Wildman–Crippen LogP) is 5.27. The second-order valence-electron chi connectivity index (χ2n) is 10.8. The maximum atomic E-state index is 15.0. The molecule has 2 aromatic rings. The highest BCUT2D eigenvalue weighted by molar-refractivity contribution is 6.30. The van der Waals surface area contributed by atoms with E-state index in [0.717, 1.165) is 38.2 Å². The van der Waals surface area contributed by atoms with E-state index in [-0.39, 0.29) is 17.8 Å². The van der Waals surface area contributed by atoms with E-state index < -0.39 is 5.41 Å². The number of carbonyl (C=O) groups excluding carboxylic acids is 1. The Labute approximate surface area is 214 Å². The molecular weight excluding hydrogens is 463 g/mol. The number of nitrogens with one attached hydrogen (secondary N) is 1. The van der Waals surface area contributed by atoms with Gasteiger partial charge in [-0.15, -0.1) is 0 Å². The van der Waals surface area contributed by atoms with Crippen LogP contribution in [0.15, 0.2) is 42.5 Å².